The number of primary amides is 1. The molecule has 0 unspecified atom stereocenters. The number of rotatable bonds is 4. The van der Waals surface area contributed by atoms with Crippen molar-refractivity contribution in [2.75, 3.05) is 32.6 Å². The van der Waals surface area contributed by atoms with Gasteiger partial charge in [0.25, 0.3) is 11.8 Å². The summed E-state index contributed by atoms with van der Waals surface area (Å²) in [7, 11) is 5.11. The molecule has 0 aliphatic carbocycles. The third-order valence-electron chi connectivity index (χ3n) is 5.00. The third kappa shape index (κ3) is 2.79. The fraction of sp³-hybridized carbons (Fsp3) is 0.444. The Morgan fingerprint density at radius 1 is 1.22 bits per heavy atom. The number of urea groups is 1. The normalized spacial score (nSPS) is 22.7. The van der Waals surface area contributed by atoms with Crippen LogP contribution < -0.4 is 10.6 Å². The van der Waals surface area contributed by atoms with Crippen molar-refractivity contribution in [2.24, 2.45) is 10.9 Å². The van der Waals surface area contributed by atoms with E-state index < -0.39 is 23.4 Å². The predicted octanol–water partition coefficient (Wildman–Crippen LogP) is 0.733. The number of nitrogens with zero attached hydrogens (tertiary/aromatic N) is 4. The predicted molar refractivity (Wildman–Crippen MR) is 99.0 cm³/mol. The molecule has 144 valence electrons. The summed E-state index contributed by atoms with van der Waals surface area (Å²) in [4.78, 5) is 47.0. The minimum absolute atomic E-state index is 0.257. The zero-order valence-corrected chi connectivity index (χ0v) is 15.6. The van der Waals surface area contributed by atoms with Crippen LogP contribution in [-0.2, 0) is 14.4 Å². The van der Waals surface area contributed by atoms with E-state index in [-0.39, 0.29) is 6.42 Å². The Labute approximate surface area is 157 Å². The van der Waals surface area contributed by atoms with E-state index in [2.05, 4.69) is 5.16 Å². The number of carbonyl (C=O) groups is 3. The molecule has 2 N–H and O–H groups in total. The number of carbonyl (C=O) groups excluding carboxylic acids is 3. The Morgan fingerprint density at radius 2 is 1.89 bits per heavy atom. The lowest BCUT2D eigenvalue weighted by Crippen LogP contribution is -2.60. The maximum atomic E-state index is 13.1. The summed E-state index contributed by atoms with van der Waals surface area (Å²) in [6.45, 7) is 0.341. The lowest BCUT2D eigenvalue weighted by Gasteiger charge is -2.35. The van der Waals surface area contributed by atoms with Gasteiger partial charge in [-0.15, -0.1) is 0 Å². The standard InChI is InChI=1S/C18H23N5O4/c1-21(2)14(20-27-3)12-6-8-13(9-7-12)23-16(25)18(15(19)24)10-4-5-11-22(18)17(23)26/h6-9H,4-5,10-11H2,1-3H3,(H2,19,24)/t18-/m0/s1. The van der Waals surface area contributed by atoms with Crippen molar-refractivity contribution in [3.05, 3.63) is 29.8 Å². The van der Waals surface area contributed by atoms with Crippen LogP contribution in [0.1, 0.15) is 24.8 Å². The quantitative estimate of drug-likeness (QED) is 0.275. The monoisotopic (exact) mass is 373 g/mol. The first-order chi connectivity index (χ1) is 12.8. The maximum Gasteiger partial charge on any atom is 0.332 e. The van der Waals surface area contributed by atoms with E-state index in [1.807, 2.05) is 14.1 Å². The van der Waals surface area contributed by atoms with Crippen molar-refractivity contribution in [3.8, 4) is 0 Å². The molecule has 0 radical (unpaired) electrons. The molecule has 3 rings (SSSR count). The molecule has 4 amide bonds. The average molecular weight is 373 g/mol. The Morgan fingerprint density at radius 3 is 2.41 bits per heavy atom. The van der Waals surface area contributed by atoms with Crippen LogP contribution in [0.3, 0.4) is 0 Å². The fourth-order valence-electron chi connectivity index (χ4n) is 3.68. The van der Waals surface area contributed by atoms with E-state index in [4.69, 9.17) is 10.6 Å². The molecule has 0 aromatic heterocycles. The van der Waals surface area contributed by atoms with Crippen molar-refractivity contribution in [1.29, 1.82) is 0 Å². The van der Waals surface area contributed by atoms with Crippen molar-refractivity contribution in [2.45, 2.75) is 24.8 Å². The first-order valence-electron chi connectivity index (χ1n) is 8.69. The number of imide groups is 1. The van der Waals surface area contributed by atoms with Gasteiger partial charge in [0.15, 0.2) is 5.84 Å². The number of piperidine rings is 1. The molecule has 2 aliphatic rings. The highest BCUT2D eigenvalue weighted by atomic mass is 16.6. The van der Waals surface area contributed by atoms with Crippen LogP contribution in [0, 0.1) is 0 Å². The van der Waals surface area contributed by atoms with Gasteiger partial charge in [0, 0.05) is 26.2 Å². The van der Waals surface area contributed by atoms with Gasteiger partial charge in [0.2, 0.25) is 5.54 Å². The molecule has 1 aromatic carbocycles. The largest absolute Gasteiger partial charge is 0.397 e. The summed E-state index contributed by atoms with van der Waals surface area (Å²) in [6.07, 6.45) is 1.66. The summed E-state index contributed by atoms with van der Waals surface area (Å²) < 4.78 is 0. The molecule has 9 heteroatoms. The minimum Gasteiger partial charge on any atom is -0.397 e. The zero-order chi connectivity index (χ0) is 19.8. The molecule has 0 spiro atoms. The van der Waals surface area contributed by atoms with Gasteiger partial charge >= 0.3 is 6.03 Å². The second kappa shape index (κ2) is 6.90. The molecule has 2 aliphatic heterocycles. The lowest BCUT2D eigenvalue weighted by atomic mass is 9.86. The third-order valence-corrected chi connectivity index (χ3v) is 5.00. The van der Waals surface area contributed by atoms with Gasteiger partial charge in [-0.3, -0.25) is 9.59 Å². The number of benzene rings is 1. The van der Waals surface area contributed by atoms with Gasteiger partial charge in [-0.05, 0) is 43.5 Å². The summed E-state index contributed by atoms with van der Waals surface area (Å²) >= 11 is 0. The van der Waals surface area contributed by atoms with Crippen LogP contribution in [0.2, 0.25) is 0 Å². The summed E-state index contributed by atoms with van der Waals surface area (Å²) in [6, 6.07) is 6.26. The molecular formula is C18H23N5O4. The molecule has 2 fully saturated rings. The van der Waals surface area contributed by atoms with Crippen LogP contribution >= 0.6 is 0 Å². The molecule has 0 bridgehead atoms. The summed E-state index contributed by atoms with van der Waals surface area (Å²) in [5.74, 6) is -0.762. The van der Waals surface area contributed by atoms with Gasteiger partial charge in [0.05, 0.1) is 5.69 Å². The summed E-state index contributed by atoms with van der Waals surface area (Å²) in [5, 5.41) is 3.97. The van der Waals surface area contributed by atoms with Gasteiger partial charge < -0.3 is 20.4 Å². The number of amides is 4. The zero-order valence-electron chi connectivity index (χ0n) is 15.6. The van der Waals surface area contributed by atoms with Crippen LogP contribution in [0.4, 0.5) is 10.5 Å². The van der Waals surface area contributed by atoms with Crippen molar-refractivity contribution in [3.63, 3.8) is 0 Å². The SMILES string of the molecule is CON=C(c1ccc(N2C(=O)N3CCCC[C@]3(C(N)=O)C2=O)cc1)N(C)C. The van der Waals surface area contributed by atoms with Crippen LogP contribution in [0.25, 0.3) is 0 Å². The Bertz CT molecular complexity index is 804. The second-order valence-electron chi connectivity index (χ2n) is 6.80. The van der Waals surface area contributed by atoms with E-state index in [0.717, 1.165) is 16.9 Å². The molecule has 2 saturated heterocycles. The van der Waals surface area contributed by atoms with E-state index in [0.29, 0.717) is 24.5 Å². The topological polar surface area (TPSA) is 109 Å². The molecule has 2 heterocycles. The van der Waals surface area contributed by atoms with Crippen molar-refractivity contribution in [1.82, 2.24) is 9.80 Å². The fourth-order valence-corrected chi connectivity index (χ4v) is 3.68. The maximum absolute atomic E-state index is 13.1. The van der Waals surface area contributed by atoms with Gasteiger partial charge in [-0.1, -0.05) is 5.16 Å². The number of fused-ring (bicyclic) bond motifs is 1. The first-order valence-corrected chi connectivity index (χ1v) is 8.69. The number of amidine groups is 1. The highest BCUT2D eigenvalue weighted by molar-refractivity contribution is 6.31. The van der Waals surface area contributed by atoms with Crippen molar-refractivity contribution >= 4 is 29.4 Å². The number of hydrogen-bond donors (Lipinski definition) is 1. The molecule has 0 saturated carbocycles. The Balaban J connectivity index is 1.97. The lowest BCUT2D eigenvalue weighted by molar-refractivity contribution is -0.139. The average Bonchev–Trinajstić information content (AvgIpc) is 2.88. The molecule has 27 heavy (non-hydrogen) atoms. The van der Waals surface area contributed by atoms with Gasteiger partial charge in [-0.2, -0.15) is 0 Å². The molecule has 1 aromatic rings. The van der Waals surface area contributed by atoms with Crippen LogP contribution in [-0.4, -0.2) is 66.8 Å². The van der Waals surface area contributed by atoms with E-state index in [1.54, 1.807) is 29.2 Å². The van der Waals surface area contributed by atoms with Crippen molar-refractivity contribution < 1.29 is 19.2 Å². The molecule has 9 nitrogen and oxygen atoms in total. The highest BCUT2D eigenvalue weighted by Gasteiger charge is 2.62. The van der Waals surface area contributed by atoms with E-state index in [9.17, 15) is 14.4 Å². The highest BCUT2D eigenvalue weighted by Crippen LogP contribution is 2.38. The molecular weight excluding hydrogens is 350 g/mol. The van der Waals surface area contributed by atoms with E-state index >= 15 is 0 Å². The second-order valence-corrected chi connectivity index (χ2v) is 6.80. The summed E-state index contributed by atoms with van der Waals surface area (Å²) in [5.41, 5.74) is 5.13. The van der Waals surface area contributed by atoms with Crippen LogP contribution in [0.15, 0.2) is 29.4 Å². The number of anilines is 1. The smallest absolute Gasteiger partial charge is 0.332 e. The number of oxime groups is 1. The molecule has 1 atom stereocenters. The first kappa shape index (κ1) is 18.7. The van der Waals surface area contributed by atoms with E-state index in [1.165, 1.54) is 12.0 Å². The number of hydrogen-bond acceptors (Lipinski definition) is 5. The number of nitrogens with two attached hydrogens (primary N) is 1. The van der Waals surface area contributed by atoms with Crippen LogP contribution in [0.5, 0.6) is 0 Å². The Kier molecular flexibility index (Phi) is 4.77. The van der Waals surface area contributed by atoms with Gasteiger partial charge in [-0.25, -0.2) is 9.69 Å². The minimum atomic E-state index is -1.57. The van der Waals surface area contributed by atoms with Gasteiger partial charge in [0.1, 0.15) is 7.11 Å². The Hall–Kier alpha value is -3.10.